The van der Waals surface area contributed by atoms with Gasteiger partial charge in [0.25, 0.3) is 0 Å². The van der Waals surface area contributed by atoms with Crippen molar-refractivity contribution < 1.29 is 26.3 Å². The number of ether oxygens (including phenoxy) is 1. The maximum absolute atomic E-state index is 12.2. The first-order valence-corrected chi connectivity index (χ1v) is 8.91. The van der Waals surface area contributed by atoms with Crippen molar-refractivity contribution in [3.05, 3.63) is 52.1 Å². The van der Waals surface area contributed by atoms with E-state index in [1.807, 2.05) is 0 Å². The van der Waals surface area contributed by atoms with Crippen LogP contribution in [0.5, 0.6) is 5.88 Å². The number of halogens is 5. The Morgan fingerprint density at radius 2 is 1.88 bits per heavy atom. The number of sulfonamides is 1. The molecule has 0 unspecified atom stereocenters. The van der Waals surface area contributed by atoms with E-state index in [0.717, 1.165) is 0 Å². The van der Waals surface area contributed by atoms with Crippen molar-refractivity contribution in [3.63, 3.8) is 0 Å². The van der Waals surface area contributed by atoms with E-state index in [4.69, 9.17) is 23.2 Å². The second-order valence-electron chi connectivity index (χ2n) is 4.77. The van der Waals surface area contributed by atoms with Gasteiger partial charge in [0.05, 0.1) is 17.3 Å². The summed E-state index contributed by atoms with van der Waals surface area (Å²) < 4.78 is 67.6. The summed E-state index contributed by atoms with van der Waals surface area (Å²) in [6, 6.07) is 7.96. The molecule has 0 atom stereocenters. The van der Waals surface area contributed by atoms with Gasteiger partial charge in [0, 0.05) is 11.1 Å². The van der Waals surface area contributed by atoms with Gasteiger partial charge >= 0.3 is 6.18 Å². The average Bonchev–Trinajstić information content (AvgIpc) is 2.50. The lowest BCUT2D eigenvalue weighted by Gasteiger charge is -2.10. The number of nitrogens with zero attached hydrogens (tertiary/aromatic N) is 1. The SMILES string of the molecule is O=S(=O)(NCc1cccc(OCC(F)(F)F)n1)c1ccc(Cl)cc1Cl. The molecule has 0 aliphatic heterocycles. The highest BCUT2D eigenvalue weighted by atomic mass is 35.5. The average molecular weight is 415 g/mol. The van der Waals surface area contributed by atoms with Crippen LogP contribution in [0.25, 0.3) is 0 Å². The second kappa shape index (κ2) is 7.77. The number of hydrogen-bond acceptors (Lipinski definition) is 4. The number of pyridine rings is 1. The van der Waals surface area contributed by atoms with E-state index in [1.165, 1.54) is 36.4 Å². The summed E-state index contributed by atoms with van der Waals surface area (Å²) >= 11 is 11.6. The van der Waals surface area contributed by atoms with Crippen molar-refractivity contribution in [2.24, 2.45) is 0 Å². The van der Waals surface area contributed by atoms with Gasteiger partial charge in [0.15, 0.2) is 6.61 Å². The fourth-order valence-corrected chi connectivity index (χ4v) is 3.50. The topological polar surface area (TPSA) is 68.3 Å². The summed E-state index contributed by atoms with van der Waals surface area (Å²) in [7, 11) is -3.96. The Morgan fingerprint density at radius 1 is 1.16 bits per heavy atom. The minimum atomic E-state index is -4.50. The molecule has 0 spiro atoms. The number of alkyl halides is 3. The van der Waals surface area contributed by atoms with Gasteiger partial charge in [-0.3, -0.25) is 0 Å². The van der Waals surface area contributed by atoms with Gasteiger partial charge in [0.2, 0.25) is 15.9 Å². The van der Waals surface area contributed by atoms with Crippen LogP contribution >= 0.6 is 23.2 Å². The zero-order chi connectivity index (χ0) is 18.7. The Labute approximate surface area is 151 Å². The summed E-state index contributed by atoms with van der Waals surface area (Å²) in [6.45, 7) is -1.75. The number of hydrogen-bond donors (Lipinski definition) is 1. The summed E-state index contributed by atoms with van der Waals surface area (Å²) in [5, 5.41) is 0.218. The van der Waals surface area contributed by atoms with E-state index in [2.05, 4.69) is 14.4 Å². The van der Waals surface area contributed by atoms with E-state index < -0.39 is 22.8 Å². The predicted molar refractivity (Wildman–Crippen MR) is 86.3 cm³/mol. The molecule has 0 fully saturated rings. The highest BCUT2D eigenvalue weighted by Gasteiger charge is 2.28. The molecule has 1 N–H and O–H groups in total. The monoisotopic (exact) mass is 414 g/mol. The molecule has 25 heavy (non-hydrogen) atoms. The van der Waals surface area contributed by atoms with Crippen LogP contribution in [0, 0.1) is 0 Å². The van der Waals surface area contributed by atoms with Crippen LogP contribution in [-0.2, 0) is 16.6 Å². The van der Waals surface area contributed by atoms with Crippen LogP contribution in [0.3, 0.4) is 0 Å². The third kappa shape index (κ3) is 6.03. The first kappa shape index (κ1) is 19.8. The summed E-state index contributed by atoms with van der Waals surface area (Å²) in [5.41, 5.74) is 0.174. The van der Waals surface area contributed by atoms with Gasteiger partial charge in [-0.1, -0.05) is 29.3 Å². The number of benzene rings is 1. The van der Waals surface area contributed by atoms with E-state index in [1.54, 1.807) is 0 Å². The van der Waals surface area contributed by atoms with Gasteiger partial charge in [-0.15, -0.1) is 0 Å². The van der Waals surface area contributed by atoms with Crippen molar-refractivity contribution in [2.45, 2.75) is 17.6 Å². The summed E-state index contributed by atoms with van der Waals surface area (Å²) in [6.07, 6.45) is -4.50. The van der Waals surface area contributed by atoms with E-state index in [-0.39, 0.29) is 33.1 Å². The Bertz CT molecular complexity index is 861. The van der Waals surface area contributed by atoms with Crippen molar-refractivity contribution in [3.8, 4) is 5.88 Å². The van der Waals surface area contributed by atoms with Gasteiger partial charge in [-0.25, -0.2) is 18.1 Å². The largest absolute Gasteiger partial charge is 0.468 e. The van der Waals surface area contributed by atoms with Gasteiger partial charge < -0.3 is 4.74 Å². The number of nitrogens with one attached hydrogen (secondary N) is 1. The first-order valence-electron chi connectivity index (χ1n) is 6.67. The molecular weight excluding hydrogens is 404 g/mol. The highest BCUT2D eigenvalue weighted by Crippen LogP contribution is 2.25. The van der Waals surface area contributed by atoms with Crippen molar-refractivity contribution >= 4 is 33.2 Å². The molecule has 2 aromatic rings. The molecule has 11 heteroatoms. The normalized spacial score (nSPS) is 12.2. The van der Waals surface area contributed by atoms with Gasteiger partial charge in [-0.05, 0) is 24.3 Å². The molecule has 1 aromatic heterocycles. The van der Waals surface area contributed by atoms with E-state index in [0.29, 0.717) is 0 Å². The van der Waals surface area contributed by atoms with Crippen molar-refractivity contribution in [1.29, 1.82) is 0 Å². The molecule has 136 valence electrons. The molecule has 0 radical (unpaired) electrons. The fraction of sp³-hybridized carbons (Fsp3) is 0.214. The third-order valence-electron chi connectivity index (χ3n) is 2.79. The lowest BCUT2D eigenvalue weighted by atomic mass is 10.3. The van der Waals surface area contributed by atoms with Gasteiger partial charge in [0.1, 0.15) is 4.90 Å². The standard InChI is InChI=1S/C14H11Cl2F3N2O3S/c15-9-4-5-12(11(16)6-9)25(22,23)20-7-10-2-1-3-13(21-10)24-8-14(17,18)19/h1-6,20H,7-8H2. The molecule has 2 rings (SSSR count). The van der Waals surface area contributed by atoms with Crippen LogP contribution in [0.1, 0.15) is 5.69 Å². The zero-order valence-corrected chi connectivity index (χ0v) is 14.7. The molecule has 1 aromatic carbocycles. The molecule has 0 saturated carbocycles. The van der Waals surface area contributed by atoms with Crippen LogP contribution in [0.2, 0.25) is 10.0 Å². The molecule has 5 nitrogen and oxygen atoms in total. The highest BCUT2D eigenvalue weighted by molar-refractivity contribution is 7.89. The molecule has 0 aliphatic rings. The maximum Gasteiger partial charge on any atom is 0.422 e. The van der Waals surface area contributed by atoms with Crippen molar-refractivity contribution in [2.75, 3.05) is 6.61 Å². The Kier molecular flexibility index (Phi) is 6.15. The molecule has 1 heterocycles. The molecule has 0 amide bonds. The second-order valence-corrected chi connectivity index (χ2v) is 7.35. The van der Waals surface area contributed by atoms with E-state index in [9.17, 15) is 21.6 Å². The molecule has 0 bridgehead atoms. The van der Waals surface area contributed by atoms with Crippen LogP contribution in [0.15, 0.2) is 41.3 Å². The smallest absolute Gasteiger partial charge is 0.422 e. The first-order chi connectivity index (χ1) is 11.6. The van der Waals surface area contributed by atoms with Crippen molar-refractivity contribution in [1.82, 2.24) is 9.71 Å². The molecule has 0 aliphatic carbocycles. The fourth-order valence-electron chi connectivity index (χ4n) is 1.73. The van der Waals surface area contributed by atoms with E-state index >= 15 is 0 Å². The lowest BCUT2D eigenvalue weighted by molar-refractivity contribution is -0.154. The number of rotatable bonds is 6. The molecule has 0 saturated heterocycles. The Balaban J connectivity index is 2.07. The minimum absolute atomic E-state index is 0.0600. The molecular formula is C14H11Cl2F3N2O3S. The Morgan fingerprint density at radius 3 is 2.52 bits per heavy atom. The predicted octanol–water partition coefficient (Wildman–Crippen LogP) is 3.81. The number of aromatic nitrogens is 1. The van der Waals surface area contributed by atoms with Crippen LogP contribution in [0.4, 0.5) is 13.2 Å². The van der Waals surface area contributed by atoms with Gasteiger partial charge in [-0.2, -0.15) is 13.2 Å². The summed E-state index contributed by atoms with van der Waals surface area (Å²) in [4.78, 5) is 3.63. The third-order valence-corrected chi connectivity index (χ3v) is 4.91. The minimum Gasteiger partial charge on any atom is -0.468 e. The van der Waals surface area contributed by atoms with Crippen LogP contribution < -0.4 is 9.46 Å². The quantitative estimate of drug-likeness (QED) is 0.780. The summed E-state index contributed by atoms with van der Waals surface area (Å²) in [5.74, 6) is -0.265. The zero-order valence-electron chi connectivity index (χ0n) is 12.3. The Hall–Kier alpha value is -1.55. The lowest BCUT2D eigenvalue weighted by Crippen LogP contribution is -2.24. The van der Waals surface area contributed by atoms with Crippen LogP contribution in [-0.4, -0.2) is 26.2 Å². The maximum atomic E-state index is 12.2.